The van der Waals surface area contributed by atoms with Crippen molar-refractivity contribution in [1.82, 2.24) is 0 Å². The standard InChI is InChI=1S/C12H17N3O3/c1-2-13-10-4-3-5-11(12(10)15(16)17)14-9-6-7-18-8-9/h3-5,9,13-14H,2,6-8H2,1H3. The molecule has 0 saturated carbocycles. The van der Waals surface area contributed by atoms with Crippen LogP contribution in [-0.2, 0) is 4.74 Å². The predicted octanol–water partition coefficient (Wildman–Crippen LogP) is 2.23. The molecule has 1 fully saturated rings. The summed E-state index contributed by atoms with van der Waals surface area (Å²) in [4.78, 5) is 10.8. The van der Waals surface area contributed by atoms with Crippen molar-refractivity contribution in [3.8, 4) is 0 Å². The second-order valence-corrected chi connectivity index (χ2v) is 4.19. The monoisotopic (exact) mass is 251 g/mol. The van der Waals surface area contributed by atoms with Crippen molar-refractivity contribution in [3.05, 3.63) is 28.3 Å². The Kier molecular flexibility index (Phi) is 3.99. The average Bonchev–Trinajstić information content (AvgIpc) is 2.82. The largest absolute Gasteiger partial charge is 0.380 e. The number of nitrogens with one attached hydrogen (secondary N) is 2. The molecule has 1 unspecified atom stereocenters. The van der Waals surface area contributed by atoms with Gasteiger partial charge in [0.1, 0.15) is 11.4 Å². The quantitative estimate of drug-likeness (QED) is 0.620. The van der Waals surface area contributed by atoms with Crippen molar-refractivity contribution in [2.75, 3.05) is 30.4 Å². The van der Waals surface area contributed by atoms with Gasteiger partial charge in [-0.1, -0.05) is 6.07 Å². The number of hydrogen-bond donors (Lipinski definition) is 2. The van der Waals surface area contributed by atoms with Crippen LogP contribution in [0, 0.1) is 10.1 Å². The maximum Gasteiger partial charge on any atom is 0.315 e. The molecule has 18 heavy (non-hydrogen) atoms. The molecule has 0 radical (unpaired) electrons. The summed E-state index contributed by atoms with van der Waals surface area (Å²) in [6.07, 6.45) is 0.878. The van der Waals surface area contributed by atoms with Gasteiger partial charge < -0.3 is 15.4 Å². The van der Waals surface area contributed by atoms with Gasteiger partial charge in [0.2, 0.25) is 0 Å². The van der Waals surface area contributed by atoms with E-state index in [9.17, 15) is 10.1 Å². The molecule has 0 aliphatic carbocycles. The van der Waals surface area contributed by atoms with Crippen molar-refractivity contribution in [2.24, 2.45) is 0 Å². The molecule has 1 aliphatic heterocycles. The Bertz CT molecular complexity index is 431. The van der Waals surface area contributed by atoms with Gasteiger partial charge in [0.15, 0.2) is 0 Å². The third-order valence-electron chi connectivity index (χ3n) is 2.88. The van der Waals surface area contributed by atoms with Crippen molar-refractivity contribution in [2.45, 2.75) is 19.4 Å². The van der Waals surface area contributed by atoms with E-state index in [1.807, 2.05) is 13.0 Å². The molecule has 1 aromatic carbocycles. The van der Waals surface area contributed by atoms with Crippen LogP contribution in [-0.4, -0.2) is 30.7 Å². The van der Waals surface area contributed by atoms with Gasteiger partial charge in [0, 0.05) is 13.2 Å². The number of anilines is 2. The molecule has 6 heteroatoms. The minimum Gasteiger partial charge on any atom is -0.380 e. The maximum atomic E-state index is 11.2. The van der Waals surface area contributed by atoms with E-state index in [0.717, 1.165) is 6.42 Å². The molecule has 2 N–H and O–H groups in total. The van der Waals surface area contributed by atoms with E-state index < -0.39 is 0 Å². The highest BCUT2D eigenvalue weighted by Crippen LogP contribution is 2.33. The fourth-order valence-corrected chi connectivity index (χ4v) is 2.06. The topological polar surface area (TPSA) is 76.4 Å². The van der Waals surface area contributed by atoms with E-state index in [2.05, 4.69) is 10.6 Å². The first-order valence-electron chi connectivity index (χ1n) is 6.08. The maximum absolute atomic E-state index is 11.2. The fourth-order valence-electron chi connectivity index (χ4n) is 2.06. The minimum atomic E-state index is -0.351. The summed E-state index contributed by atoms with van der Waals surface area (Å²) >= 11 is 0. The van der Waals surface area contributed by atoms with Gasteiger partial charge in [-0.3, -0.25) is 10.1 Å². The number of benzene rings is 1. The Balaban J connectivity index is 2.26. The SMILES string of the molecule is CCNc1cccc(NC2CCOC2)c1[N+](=O)[O-]. The Hall–Kier alpha value is -1.82. The number of para-hydroxylation sites is 1. The Morgan fingerprint density at radius 3 is 2.89 bits per heavy atom. The Labute approximate surface area is 105 Å². The van der Waals surface area contributed by atoms with Crippen LogP contribution in [0.3, 0.4) is 0 Å². The van der Waals surface area contributed by atoms with Crippen LogP contribution in [0.2, 0.25) is 0 Å². The molecule has 1 aliphatic rings. The Morgan fingerprint density at radius 1 is 1.50 bits per heavy atom. The molecule has 0 aromatic heterocycles. The average molecular weight is 251 g/mol. The summed E-state index contributed by atoms with van der Waals surface area (Å²) in [5, 5.41) is 17.4. The van der Waals surface area contributed by atoms with E-state index in [1.54, 1.807) is 12.1 Å². The fraction of sp³-hybridized carbons (Fsp3) is 0.500. The van der Waals surface area contributed by atoms with Crippen LogP contribution in [0.15, 0.2) is 18.2 Å². The predicted molar refractivity (Wildman–Crippen MR) is 70.1 cm³/mol. The molecule has 1 atom stereocenters. The summed E-state index contributed by atoms with van der Waals surface area (Å²) in [5.41, 5.74) is 1.20. The van der Waals surface area contributed by atoms with Crippen LogP contribution in [0.4, 0.5) is 17.1 Å². The van der Waals surface area contributed by atoms with Crippen LogP contribution in [0.1, 0.15) is 13.3 Å². The third kappa shape index (κ3) is 2.70. The van der Waals surface area contributed by atoms with Crippen molar-refractivity contribution >= 4 is 17.1 Å². The first-order chi connectivity index (χ1) is 8.72. The van der Waals surface area contributed by atoms with E-state index in [0.29, 0.717) is 31.1 Å². The molecular weight excluding hydrogens is 234 g/mol. The number of nitro groups is 1. The third-order valence-corrected chi connectivity index (χ3v) is 2.88. The molecule has 0 spiro atoms. The number of hydrogen-bond acceptors (Lipinski definition) is 5. The highest BCUT2D eigenvalue weighted by molar-refractivity contribution is 5.76. The molecule has 1 aromatic rings. The minimum absolute atomic E-state index is 0.103. The summed E-state index contributed by atoms with van der Waals surface area (Å²) in [7, 11) is 0. The van der Waals surface area contributed by atoms with Gasteiger partial charge in [-0.2, -0.15) is 0 Å². The zero-order chi connectivity index (χ0) is 13.0. The second kappa shape index (κ2) is 5.68. The summed E-state index contributed by atoms with van der Waals surface area (Å²) in [5.74, 6) is 0. The molecule has 6 nitrogen and oxygen atoms in total. The highest BCUT2D eigenvalue weighted by Gasteiger charge is 2.23. The van der Waals surface area contributed by atoms with Crippen LogP contribution < -0.4 is 10.6 Å². The molecule has 98 valence electrons. The first kappa shape index (κ1) is 12.6. The second-order valence-electron chi connectivity index (χ2n) is 4.19. The van der Waals surface area contributed by atoms with Gasteiger partial charge in [-0.05, 0) is 25.5 Å². The smallest absolute Gasteiger partial charge is 0.315 e. The lowest BCUT2D eigenvalue weighted by Crippen LogP contribution is -2.20. The van der Waals surface area contributed by atoms with Crippen LogP contribution in [0.5, 0.6) is 0 Å². The lowest BCUT2D eigenvalue weighted by atomic mass is 10.2. The first-order valence-corrected chi connectivity index (χ1v) is 6.08. The molecule has 2 rings (SSSR count). The molecule has 0 amide bonds. The van der Waals surface area contributed by atoms with E-state index >= 15 is 0 Å². The van der Waals surface area contributed by atoms with E-state index in [4.69, 9.17) is 4.74 Å². The van der Waals surface area contributed by atoms with Crippen LogP contribution in [0.25, 0.3) is 0 Å². The highest BCUT2D eigenvalue weighted by atomic mass is 16.6. The normalized spacial score (nSPS) is 18.6. The summed E-state index contributed by atoms with van der Waals surface area (Å²) in [6.45, 7) is 3.87. The zero-order valence-corrected chi connectivity index (χ0v) is 10.3. The van der Waals surface area contributed by atoms with Crippen molar-refractivity contribution in [1.29, 1.82) is 0 Å². The summed E-state index contributed by atoms with van der Waals surface area (Å²) in [6, 6.07) is 5.42. The zero-order valence-electron chi connectivity index (χ0n) is 10.3. The number of ether oxygens (including phenoxy) is 1. The lowest BCUT2D eigenvalue weighted by molar-refractivity contribution is -0.383. The van der Waals surface area contributed by atoms with Crippen molar-refractivity contribution in [3.63, 3.8) is 0 Å². The number of rotatable bonds is 5. The molecule has 1 heterocycles. The van der Waals surface area contributed by atoms with Gasteiger partial charge in [-0.15, -0.1) is 0 Å². The summed E-state index contributed by atoms with van der Waals surface area (Å²) < 4.78 is 5.26. The number of nitro benzene ring substituents is 1. The Morgan fingerprint density at radius 2 is 2.28 bits per heavy atom. The van der Waals surface area contributed by atoms with Crippen molar-refractivity contribution < 1.29 is 9.66 Å². The molecule has 1 saturated heterocycles. The van der Waals surface area contributed by atoms with Gasteiger partial charge in [-0.25, -0.2) is 0 Å². The van der Waals surface area contributed by atoms with Crippen LogP contribution >= 0.6 is 0 Å². The van der Waals surface area contributed by atoms with Gasteiger partial charge in [0.05, 0.1) is 17.6 Å². The lowest BCUT2D eigenvalue weighted by Gasteiger charge is -2.14. The molecule has 0 bridgehead atoms. The van der Waals surface area contributed by atoms with Gasteiger partial charge >= 0.3 is 5.69 Å². The van der Waals surface area contributed by atoms with E-state index in [1.165, 1.54) is 0 Å². The number of nitrogens with zero attached hydrogens (tertiary/aromatic N) is 1. The van der Waals surface area contributed by atoms with E-state index in [-0.39, 0.29) is 16.7 Å². The molecular formula is C12H17N3O3. The van der Waals surface area contributed by atoms with Gasteiger partial charge in [0.25, 0.3) is 0 Å².